The Morgan fingerprint density at radius 3 is 2.44 bits per heavy atom. The van der Waals surface area contributed by atoms with Crippen molar-refractivity contribution in [3.8, 4) is 0 Å². The zero-order chi connectivity index (χ0) is 12.4. The van der Waals surface area contributed by atoms with Crippen molar-refractivity contribution < 1.29 is 9.47 Å². The lowest BCUT2D eigenvalue weighted by Gasteiger charge is -2.26. The van der Waals surface area contributed by atoms with E-state index in [2.05, 4.69) is 18.7 Å². The summed E-state index contributed by atoms with van der Waals surface area (Å²) >= 11 is 4.87. The quantitative estimate of drug-likeness (QED) is 0.462. The van der Waals surface area contributed by atoms with E-state index in [1.54, 1.807) is 7.11 Å². The first-order valence-electron chi connectivity index (χ1n) is 5.67. The van der Waals surface area contributed by atoms with E-state index < -0.39 is 0 Å². The van der Waals surface area contributed by atoms with Crippen LogP contribution < -0.4 is 5.73 Å². The molecule has 16 heavy (non-hydrogen) atoms. The standard InChI is InChI=1S/C11H24N2O2S/c1-10(2)13(5-4-11(12)16)6-7-15-9-8-14-3/h10H,4-9H2,1-3H3,(H2,12,16). The Morgan fingerprint density at radius 1 is 1.25 bits per heavy atom. The van der Waals surface area contributed by atoms with Gasteiger partial charge in [-0.2, -0.15) is 0 Å². The third kappa shape index (κ3) is 9.03. The van der Waals surface area contributed by atoms with Crippen molar-refractivity contribution in [3.05, 3.63) is 0 Å². The van der Waals surface area contributed by atoms with Gasteiger partial charge in [-0.1, -0.05) is 12.2 Å². The minimum Gasteiger partial charge on any atom is -0.393 e. The average Bonchev–Trinajstić information content (AvgIpc) is 2.21. The van der Waals surface area contributed by atoms with Gasteiger partial charge in [0.2, 0.25) is 0 Å². The van der Waals surface area contributed by atoms with Crippen LogP contribution >= 0.6 is 12.2 Å². The fourth-order valence-corrected chi connectivity index (χ4v) is 1.40. The summed E-state index contributed by atoms with van der Waals surface area (Å²) in [6.45, 7) is 8.15. The zero-order valence-electron chi connectivity index (χ0n) is 10.6. The molecule has 96 valence electrons. The topological polar surface area (TPSA) is 47.7 Å². The Balaban J connectivity index is 3.64. The molecule has 0 atom stereocenters. The number of ether oxygens (including phenoxy) is 2. The summed E-state index contributed by atoms with van der Waals surface area (Å²) in [4.78, 5) is 2.89. The van der Waals surface area contributed by atoms with Crippen LogP contribution in [0.15, 0.2) is 0 Å². The molecule has 0 aromatic carbocycles. The number of hydrogen-bond acceptors (Lipinski definition) is 4. The minimum absolute atomic E-state index is 0.486. The van der Waals surface area contributed by atoms with E-state index in [1.165, 1.54) is 0 Å². The van der Waals surface area contributed by atoms with Crippen molar-refractivity contribution in [2.24, 2.45) is 5.73 Å². The van der Waals surface area contributed by atoms with Crippen LogP contribution in [0.5, 0.6) is 0 Å². The molecular formula is C11H24N2O2S. The first-order valence-corrected chi connectivity index (χ1v) is 6.07. The van der Waals surface area contributed by atoms with Crippen LogP contribution in [0.4, 0.5) is 0 Å². The van der Waals surface area contributed by atoms with Crippen LogP contribution in [0.25, 0.3) is 0 Å². The smallest absolute Gasteiger partial charge is 0.0740 e. The van der Waals surface area contributed by atoms with Crippen LogP contribution in [-0.2, 0) is 9.47 Å². The van der Waals surface area contributed by atoms with Gasteiger partial charge in [0, 0.05) is 32.7 Å². The predicted octanol–water partition coefficient (Wildman–Crippen LogP) is 1.04. The van der Waals surface area contributed by atoms with Crippen LogP contribution in [-0.4, -0.2) is 56.0 Å². The Hall–Kier alpha value is -0.230. The van der Waals surface area contributed by atoms with E-state index in [-0.39, 0.29) is 0 Å². The highest BCUT2D eigenvalue weighted by Gasteiger charge is 2.09. The molecule has 0 saturated heterocycles. The third-order valence-electron chi connectivity index (χ3n) is 2.33. The van der Waals surface area contributed by atoms with Gasteiger partial charge >= 0.3 is 0 Å². The Labute approximate surface area is 104 Å². The number of nitrogens with two attached hydrogens (primary N) is 1. The molecule has 0 aromatic rings. The lowest BCUT2D eigenvalue weighted by Crippen LogP contribution is -2.36. The second-order valence-corrected chi connectivity index (χ2v) is 4.48. The monoisotopic (exact) mass is 248 g/mol. The van der Waals surface area contributed by atoms with E-state index >= 15 is 0 Å². The first kappa shape index (κ1) is 15.8. The van der Waals surface area contributed by atoms with Crippen molar-refractivity contribution in [1.82, 2.24) is 4.90 Å². The van der Waals surface area contributed by atoms with E-state index in [9.17, 15) is 0 Å². The lowest BCUT2D eigenvalue weighted by atomic mass is 10.3. The minimum atomic E-state index is 0.486. The summed E-state index contributed by atoms with van der Waals surface area (Å²) in [5.41, 5.74) is 5.49. The number of thiocarbonyl (C=S) groups is 1. The summed E-state index contributed by atoms with van der Waals surface area (Å²) in [7, 11) is 1.67. The molecule has 0 bridgehead atoms. The molecule has 0 rings (SSSR count). The number of methoxy groups -OCH3 is 1. The van der Waals surface area contributed by atoms with Gasteiger partial charge in [-0.25, -0.2) is 0 Å². The molecule has 0 unspecified atom stereocenters. The molecule has 4 nitrogen and oxygen atoms in total. The van der Waals surface area contributed by atoms with Crippen molar-refractivity contribution >= 4 is 17.2 Å². The van der Waals surface area contributed by atoms with Crippen LogP contribution in [0.1, 0.15) is 20.3 Å². The van der Waals surface area contributed by atoms with Crippen molar-refractivity contribution in [1.29, 1.82) is 0 Å². The second-order valence-electron chi connectivity index (χ2n) is 3.95. The van der Waals surface area contributed by atoms with Gasteiger partial charge in [0.25, 0.3) is 0 Å². The summed E-state index contributed by atoms with van der Waals surface area (Å²) in [5, 5.41) is 0. The van der Waals surface area contributed by atoms with Crippen LogP contribution in [0, 0.1) is 0 Å². The van der Waals surface area contributed by atoms with Gasteiger partial charge < -0.3 is 15.2 Å². The second kappa shape index (κ2) is 9.96. The highest BCUT2D eigenvalue weighted by Crippen LogP contribution is 1.99. The molecule has 0 aliphatic carbocycles. The van der Waals surface area contributed by atoms with Gasteiger partial charge in [0.05, 0.1) is 24.8 Å². The molecule has 0 fully saturated rings. The fourth-order valence-electron chi connectivity index (χ4n) is 1.31. The van der Waals surface area contributed by atoms with E-state index in [0.29, 0.717) is 24.2 Å². The third-order valence-corrected chi connectivity index (χ3v) is 2.53. The molecule has 0 aliphatic heterocycles. The molecule has 0 spiro atoms. The van der Waals surface area contributed by atoms with Gasteiger partial charge in [-0.05, 0) is 13.8 Å². The number of rotatable bonds is 10. The van der Waals surface area contributed by atoms with Gasteiger partial charge in [0.1, 0.15) is 0 Å². The van der Waals surface area contributed by atoms with Crippen LogP contribution in [0.2, 0.25) is 0 Å². The molecule has 2 N–H and O–H groups in total. The lowest BCUT2D eigenvalue weighted by molar-refractivity contribution is 0.0527. The largest absolute Gasteiger partial charge is 0.393 e. The highest BCUT2D eigenvalue weighted by atomic mass is 32.1. The Kier molecular flexibility index (Phi) is 9.82. The molecule has 0 aliphatic rings. The van der Waals surface area contributed by atoms with Gasteiger partial charge in [-0.3, -0.25) is 4.90 Å². The normalized spacial score (nSPS) is 11.3. The Bertz CT molecular complexity index is 189. The van der Waals surface area contributed by atoms with E-state index in [1.807, 2.05) is 0 Å². The fraction of sp³-hybridized carbons (Fsp3) is 0.909. The summed E-state index contributed by atoms with van der Waals surface area (Å²) in [6.07, 6.45) is 0.769. The van der Waals surface area contributed by atoms with Gasteiger partial charge in [0.15, 0.2) is 0 Å². The van der Waals surface area contributed by atoms with Crippen molar-refractivity contribution in [3.63, 3.8) is 0 Å². The Morgan fingerprint density at radius 2 is 1.94 bits per heavy atom. The molecule has 0 amide bonds. The zero-order valence-corrected chi connectivity index (χ0v) is 11.4. The first-order chi connectivity index (χ1) is 7.57. The molecule has 0 saturated carbocycles. The summed E-state index contributed by atoms with van der Waals surface area (Å²) in [5.74, 6) is 0. The SMILES string of the molecule is COCCOCCN(CCC(N)=S)C(C)C. The van der Waals surface area contributed by atoms with Gasteiger partial charge in [-0.15, -0.1) is 0 Å². The number of hydrogen-bond donors (Lipinski definition) is 1. The van der Waals surface area contributed by atoms with Crippen LogP contribution in [0.3, 0.4) is 0 Å². The molecule has 0 heterocycles. The number of nitrogens with zero attached hydrogens (tertiary/aromatic N) is 1. The maximum atomic E-state index is 5.49. The van der Waals surface area contributed by atoms with E-state index in [4.69, 9.17) is 27.4 Å². The average molecular weight is 248 g/mol. The van der Waals surface area contributed by atoms with Crippen molar-refractivity contribution in [2.75, 3.05) is 40.0 Å². The highest BCUT2D eigenvalue weighted by molar-refractivity contribution is 7.80. The maximum Gasteiger partial charge on any atom is 0.0740 e. The maximum absolute atomic E-state index is 5.49. The molecule has 5 heteroatoms. The summed E-state index contributed by atoms with van der Waals surface area (Å²) < 4.78 is 10.3. The molecule has 0 aromatic heterocycles. The molecule has 0 radical (unpaired) electrons. The molecular weight excluding hydrogens is 224 g/mol. The predicted molar refractivity (Wildman–Crippen MR) is 70.8 cm³/mol. The van der Waals surface area contributed by atoms with E-state index in [0.717, 1.165) is 26.1 Å². The van der Waals surface area contributed by atoms with Crippen molar-refractivity contribution in [2.45, 2.75) is 26.3 Å². The summed E-state index contributed by atoms with van der Waals surface area (Å²) in [6, 6.07) is 0.486.